The first-order valence-corrected chi connectivity index (χ1v) is 3.55. The van der Waals surface area contributed by atoms with Gasteiger partial charge in [-0.1, -0.05) is 0 Å². The summed E-state index contributed by atoms with van der Waals surface area (Å²) in [6, 6.07) is 0. The Bertz CT molecular complexity index is 76.8. The molecule has 0 aliphatic rings. The van der Waals surface area contributed by atoms with E-state index in [1.54, 1.807) is 14.2 Å². The van der Waals surface area contributed by atoms with Crippen LogP contribution < -0.4 is 0 Å². The van der Waals surface area contributed by atoms with Gasteiger partial charge < -0.3 is 19.3 Å². The molecule has 0 saturated carbocycles. The van der Waals surface area contributed by atoms with E-state index < -0.39 is 0 Å². The Hall–Kier alpha value is -0.160. The van der Waals surface area contributed by atoms with Crippen molar-refractivity contribution in [2.75, 3.05) is 40.6 Å². The minimum atomic E-state index is -0.0356. The van der Waals surface area contributed by atoms with E-state index in [2.05, 4.69) is 0 Å². The summed E-state index contributed by atoms with van der Waals surface area (Å²) >= 11 is 0. The number of aliphatic hydroxyl groups is 1. The van der Waals surface area contributed by atoms with Gasteiger partial charge >= 0.3 is 0 Å². The van der Waals surface area contributed by atoms with E-state index in [0.29, 0.717) is 19.8 Å². The van der Waals surface area contributed by atoms with Crippen LogP contribution in [0.4, 0.5) is 0 Å². The summed E-state index contributed by atoms with van der Waals surface area (Å²) in [5, 5.41) is 8.38. The zero-order valence-electron chi connectivity index (χ0n) is 7.08. The Labute approximate surface area is 67.1 Å². The Morgan fingerprint density at radius 3 is 2.45 bits per heavy atom. The maximum atomic E-state index is 8.38. The first-order valence-electron chi connectivity index (χ1n) is 3.55. The van der Waals surface area contributed by atoms with E-state index in [9.17, 15) is 0 Å². The summed E-state index contributed by atoms with van der Waals surface area (Å²) < 4.78 is 14.9. The molecule has 4 nitrogen and oxygen atoms in total. The molecule has 0 heterocycles. The van der Waals surface area contributed by atoms with Gasteiger partial charge in [0.25, 0.3) is 0 Å². The van der Waals surface area contributed by atoms with Gasteiger partial charge in [0.15, 0.2) is 0 Å². The van der Waals surface area contributed by atoms with Gasteiger partial charge in [-0.2, -0.15) is 0 Å². The van der Waals surface area contributed by atoms with Gasteiger partial charge in [-0.25, -0.2) is 0 Å². The Morgan fingerprint density at radius 1 is 1.27 bits per heavy atom. The van der Waals surface area contributed by atoms with Crippen LogP contribution in [-0.2, 0) is 14.2 Å². The first-order chi connectivity index (χ1) is 5.35. The maximum Gasteiger partial charge on any atom is 0.104 e. The minimum absolute atomic E-state index is 0.0356. The van der Waals surface area contributed by atoms with Crippen LogP contribution in [0.1, 0.15) is 0 Å². The van der Waals surface area contributed by atoms with E-state index in [4.69, 9.17) is 19.3 Å². The summed E-state index contributed by atoms with van der Waals surface area (Å²) in [5.74, 6) is 0. The van der Waals surface area contributed by atoms with Crippen LogP contribution in [0.2, 0.25) is 0 Å². The molecule has 11 heavy (non-hydrogen) atoms. The summed E-state index contributed by atoms with van der Waals surface area (Å²) in [4.78, 5) is 0. The van der Waals surface area contributed by atoms with Gasteiger partial charge in [-0.05, 0) is 0 Å². The van der Waals surface area contributed by atoms with Crippen LogP contribution in [0.5, 0.6) is 0 Å². The highest BCUT2D eigenvalue weighted by Crippen LogP contribution is 1.91. The predicted molar refractivity (Wildman–Crippen MR) is 40.6 cm³/mol. The predicted octanol–water partition coefficient (Wildman–Crippen LogP) is -0.343. The van der Waals surface area contributed by atoms with Crippen LogP contribution in [0.15, 0.2) is 0 Å². The van der Waals surface area contributed by atoms with Crippen LogP contribution in [0.25, 0.3) is 0 Å². The van der Waals surface area contributed by atoms with Gasteiger partial charge in [0.1, 0.15) is 6.10 Å². The molecule has 0 bridgehead atoms. The Balaban J connectivity index is 3.20. The highest BCUT2D eigenvalue weighted by Gasteiger charge is 2.05. The molecule has 0 fully saturated rings. The smallest absolute Gasteiger partial charge is 0.104 e. The molecule has 0 rings (SSSR count). The third kappa shape index (κ3) is 6.25. The van der Waals surface area contributed by atoms with Crippen molar-refractivity contribution in [3.63, 3.8) is 0 Å². The lowest BCUT2D eigenvalue weighted by Crippen LogP contribution is -2.24. The van der Waals surface area contributed by atoms with Crippen molar-refractivity contribution in [1.29, 1.82) is 0 Å². The van der Waals surface area contributed by atoms with Gasteiger partial charge in [-0.15, -0.1) is 0 Å². The fourth-order valence-corrected chi connectivity index (χ4v) is 0.649. The monoisotopic (exact) mass is 164 g/mol. The van der Waals surface area contributed by atoms with E-state index >= 15 is 0 Å². The highest BCUT2D eigenvalue weighted by molar-refractivity contribution is 4.52. The van der Waals surface area contributed by atoms with Crippen LogP contribution in [0.3, 0.4) is 0 Å². The zero-order valence-corrected chi connectivity index (χ0v) is 7.08. The molecular formula is C7H16O4. The lowest BCUT2D eigenvalue weighted by molar-refractivity contribution is -0.0359. The van der Waals surface area contributed by atoms with Crippen molar-refractivity contribution < 1.29 is 19.3 Å². The summed E-state index contributed by atoms with van der Waals surface area (Å²) in [7, 11) is 3.21. The molecule has 0 spiro atoms. The van der Waals surface area contributed by atoms with Crippen molar-refractivity contribution in [3.05, 3.63) is 0 Å². The van der Waals surface area contributed by atoms with E-state index in [1.807, 2.05) is 0 Å². The number of hydrogen-bond acceptors (Lipinski definition) is 4. The van der Waals surface area contributed by atoms with E-state index in [-0.39, 0.29) is 12.7 Å². The lowest BCUT2D eigenvalue weighted by Gasteiger charge is -2.13. The topological polar surface area (TPSA) is 47.9 Å². The molecule has 68 valence electrons. The standard InChI is InChI=1S/C7H16O4/c1-9-5-7(10-2)6-11-4-3-8/h7-8H,3-6H2,1-2H3. The molecule has 0 aliphatic carbocycles. The summed E-state index contributed by atoms with van der Waals surface area (Å²) in [5.41, 5.74) is 0. The normalized spacial score (nSPS) is 13.4. The van der Waals surface area contributed by atoms with Gasteiger partial charge in [0, 0.05) is 14.2 Å². The van der Waals surface area contributed by atoms with Crippen molar-refractivity contribution >= 4 is 0 Å². The number of methoxy groups -OCH3 is 2. The molecule has 0 aliphatic heterocycles. The fourth-order valence-electron chi connectivity index (χ4n) is 0.649. The van der Waals surface area contributed by atoms with Gasteiger partial charge in [0.05, 0.1) is 26.4 Å². The van der Waals surface area contributed by atoms with Crippen LogP contribution in [-0.4, -0.2) is 51.9 Å². The molecule has 0 aromatic carbocycles. The van der Waals surface area contributed by atoms with E-state index in [1.165, 1.54) is 0 Å². The average molecular weight is 164 g/mol. The lowest BCUT2D eigenvalue weighted by atomic mass is 10.4. The molecule has 0 saturated heterocycles. The molecule has 0 aromatic heterocycles. The average Bonchev–Trinajstić information content (AvgIpc) is 2.03. The SMILES string of the molecule is COCC(COCCO)OC. The molecule has 1 unspecified atom stereocenters. The minimum Gasteiger partial charge on any atom is -0.394 e. The number of ether oxygens (including phenoxy) is 3. The number of rotatable bonds is 7. The molecule has 1 atom stereocenters. The zero-order chi connectivity index (χ0) is 8.53. The second-order valence-electron chi connectivity index (χ2n) is 2.11. The van der Waals surface area contributed by atoms with Crippen molar-refractivity contribution in [1.82, 2.24) is 0 Å². The molecule has 4 heteroatoms. The third-order valence-electron chi connectivity index (χ3n) is 1.23. The maximum absolute atomic E-state index is 8.38. The molecule has 0 amide bonds. The summed E-state index contributed by atoms with van der Waals surface area (Å²) in [6.45, 7) is 1.37. The largest absolute Gasteiger partial charge is 0.394 e. The van der Waals surface area contributed by atoms with Crippen LogP contribution in [0, 0.1) is 0 Å². The Morgan fingerprint density at radius 2 is 2.00 bits per heavy atom. The number of aliphatic hydroxyl groups excluding tert-OH is 1. The van der Waals surface area contributed by atoms with Crippen molar-refractivity contribution in [2.24, 2.45) is 0 Å². The summed E-state index contributed by atoms with van der Waals surface area (Å²) in [6.07, 6.45) is -0.0356. The highest BCUT2D eigenvalue weighted by atomic mass is 16.6. The van der Waals surface area contributed by atoms with Crippen molar-refractivity contribution in [3.8, 4) is 0 Å². The number of hydrogen-bond donors (Lipinski definition) is 1. The molecule has 0 aromatic rings. The van der Waals surface area contributed by atoms with Gasteiger partial charge in [-0.3, -0.25) is 0 Å². The first kappa shape index (κ1) is 10.8. The Kier molecular flexibility index (Phi) is 7.83. The van der Waals surface area contributed by atoms with E-state index in [0.717, 1.165) is 0 Å². The van der Waals surface area contributed by atoms with Crippen molar-refractivity contribution in [2.45, 2.75) is 6.10 Å². The quantitative estimate of drug-likeness (QED) is 0.523. The third-order valence-corrected chi connectivity index (χ3v) is 1.23. The fraction of sp³-hybridized carbons (Fsp3) is 1.00. The second kappa shape index (κ2) is 7.94. The molecule has 1 N–H and O–H groups in total. The molecular weight excluding hydrogens is 148 g/mol. The van der Waals surface area contributed by atoms with Gasteiger partial charge in [0.2, 0.25) is 0 Å². The second-order valence-corrected chi connectivity index (χ2v) is 2.11. The van der Waals surface area contributed by atoms with Crippen LogP contribution >= 0.6 is 0 Å². The molecule has 0 radical (unpaired) electrons.